The lowest BCUT2D eigenvalue weighted by Gasteiger charge is -2.28. The van der Waals surface area contributed by atoms with Gasteiger partial charge in [0.15, 0.2) is 0 Å². The van der Waals surface area contributed by atoms with Gasteiger partial charge in [-0.3, -0.25) is 0 Å². The average Bonchev–Trinajstić information content (AvgIpc) is 2.16. The van der Waals surface area contributed by atoms with Gasteiger partial charge < -0.3 is 4.74 Å². The van der Waals surface area contributed by atoms with Gasteiger partial charge in [-0.05, 0) is 18.8 Å². The zero-order valence-corrected chi connectivity index (χ0v) is 10.7. The SMILES string of the molecule is CCC1CCCC(OCCS(=O)(=O)Cl)C1. The minimum Gasteiger partial charge on any atom is -0.377 e. The number of hydrogen-bond acceptors (Lipinski definition) is 3. The lowest BCUT2D eigenvalue weighted by molar-refractivity contribution is 0.0210. The molecule has 1 saturated carbocycles. The third kappa shape index (κ3) is 5.73. The summed E-state index contributed by atoms with van der Waals surface area (Å²) >= 11 is 0. The summed E-state index contributed by atoms with van der Waals surface area (Å²) in [6.45, 7) is 2.42. The third-order valence-electron chi connectivity index (χ3n) is 2.99. The van der Waals surface area contributed by atoms with E-state index in [4.69, 9.17) is 15.4 Å². The van der Waals surface area contributed by atoms with Crippen molar-refractivity contribution in [1.29, 1.82) is 0 Å². The summed E-state index contributed by atoms with van der Waals surface area (Å²) in [5, 5.41) is 0. The Bertz CT molecular complexity index is 276. The third-order valence-corrected chi connectivity index (χ3v) is 4.11. The molecule has 90 valence electrons. The first-order valence-electron chi connectivity index (χ1n) is 5.55. The second-order valence-corrected chi connectivity index (χ2v) is 7.07. The highest BCUT2D eigenvalue weighted by atomic mass is 35.7. The molecular weight excluding hydrogens is 236 g/mol. The minimum absolute atomic E-state index is 0.0815. The van der Waals surface area contributed by atoms with Crippen molar-refractivity contribution in [2.24, 2.45) is 5.92 Å². The van der Waals surface area contributed by atoms with E-state index in [2.05, 4.69) is 6.92 Å². The average molecular weight is 255 g/mol. The molecule has 2 atom stereocenters. The molecule has 0 aromatic heterocycles. The van der Waals surface area contributed by atoms with Crippen LogP contribution in [0.1, 0.15) is 39.0 Å². The minimum atomic E-state index is -3.40. The normalized spacial score (nSPS) is 27.9. The van der Waals surface area contributed by atoms with Crippen LogP contribution in [0, 0.1) is 5.92 Å². The van der Waals surface area contributed by atoms with Crippen molar-refractivity contribution >= 4 is 19.7 Å². The van der Waals surface area contributed by atoms with Crippen molar-refractivity contribution in [2.45, 2.75) is 45.1 Å². The summed E-state index contributed by atoms with van der Waals surface area (Å²) in [4.78, 5) is 0. The molecular formula is C10H19ClO3S. The Morgan fingerprint density at radius 2 is 2.13 bits per heavy atom. The van der Waals surface area contributed by atoms with E-state index in [0.29, 0.717) is 0 Å². The molecule has 1 aliphatic carbocycles. The van der Waals surface area contributed by atoms with Crippen LogP contribution >= 0.6 is 10.7 Å². The van der Waals surface area contributed by atoms with Crippen LogP contribution in [0.3, 0.4) is 0 Å². The second kappa shape index (κ2) is 6.06. The van der Waals surface area contributed by atoms with E-state index in [1.165, 1.54) is 19.3 Å². The molecule has 0 heterocycles. The van der Waals surface area contributed by atoms with Gasteiger partial charge in [0.1, 0.15) is 0 Å². The molecule has 0 aliphatic heterocycles. The molecule has 5 heteroatoms. The highest BCUT2D eigenvalue weighted by molar-refractivity contribution is 8.13. The van der Waals surface area contributed by atoms with Crippen LogP contribution in [0.4, 0.5) is 0 Å². The Kier molecular flexibility index (Phi) is 5.36. The topological polar surface area (TPSA) is 43.4 Å². The highest BCUT2D eigenvalue weighted by Crippen LogP contribution is 2.28. The van der Waals surface area contributed by atoms with Crippen LogP contribution in [0.15, 0.2) is 0 Å². The molecule has 0 N–H and O–H groups in total. The number of halogens is 1. The highest BCUT2D eigenvalue weighted by Gasteiger charge is 2.21. The zero-order chi connectivity index (χ0) is 11.3. The van der Waals surface area contributed by atoms with E-state index in [1.54, 1.807) is 0 Å². The van der Waals surface area contributed by atoms with Crippen molar-refractivity contribution < 1.29 is 13.2 Å². The first kappa shape index (κ1) is 13.3. The van der Waals surface area contributed by atoms with Crippen LogP contribution in [0.5, 0.6) is 0 Å². The summed E-state index contributed by atoms with van der Waals surface area (Å²) in [6, 6.07) is 0. The smallest absolute Gasteiger partial charge is 0.234 e. The maximum atomic E-state index is 10.7. The maximum Gasteiger partial charge on any atom is 0.234 e. The predicted molar refractivity (Wildman–Crippen MR) is 61.6 cm³/mol. The molecule has 3 nitrogen and oxygen atoms in total. The first-order chi connectivity index (χ1) is 7.01. The standard InChI is InChI=1S/C10H19ClO3S/c1-2-9-4-3-5-10(8-9)14-6-7-15(11,12)13/h9-10H,2-8H2,1H3. The van der Waals surface area contributed by atoms with Crippen molar-refractivity contribution in [3.05, 3.63) is 0 Å². The Labute approximate surface area is 96.6 Å². The van der Waals surface area contributed by atoms with E-state index in [9.17, 15) is 8.42 Å². The van der Waals surface area contributed by atoms with Gasteiger partial charge >= 0.3 is 0 Å². The molecule has 0 aromatic carbocycles. The van der Waals surface area contributed by atoms with Gasteiger partial charge in [0, 0.05) is 10.7 Å². The number of hydrogen-bond donors (Lipinski definition) is 0. The molecule has 1 rings (SSSR count). The van der Waals surface area contributed by atoms with Crippen LogP contribution in [-0.2, 0) is 13.8 Å². The van der Waals surface area contributed by atoms with E-state index in [0.717, 1.165) is 18.8 Å². The molecule has 0 amide bonds. The predicted octanol–water partition coefficient (Wildman–Crippen LogP) is 2.54. The van der Waals surface area contributed by atoms with Gasteiger partial charge in [-0.15, -0.1) is 0 Å². The van der Waals surface area contributed by atoms with Crippen molar-refractivity contribution in [3.63, 3.8) is 0 Å². The quantitative estimate of drug-likeness (QED) is 0.708. The van der Waals surface area contributed by atoms with Gasteiger partial charge in [-0.25, -0.2) is 8.42 Å². The fourth-order valence-corrected chi connectivity index (χ4v) is 2.56. The van der Waals surface area contributed by atoms with Crippen LogP contribution in [0.2, 0.25) is 0 Å². The van der Waals surface area contributed by atoms with Gasteiger partial charge in [-0.2, -0.15) is 0 Å². The lowest BCUT2D eigenvalue weighted by Crippen LogP contribution is -2.24. The van der Waals surface area contributed by atoms with Crippen LogP contribution in [0.25, 0.3) is 0 Å². The van der Waals surface area contributed by atoms with Gasteiger partial charge in [0.05, 0.1) is 18.5 Å². The van der Waals surface area contributed by atoms with Crippen molar-refractivity contribution in [3.8, 4) is 0 Å². The maximum absolute atomic E-state index is 10.7. The van der Waals surface area contributed by atoms with Crippen molar-refractivity contribution in [2.75, 3.05) is 12.4 Å². The number of rotatable bonds is 5. The molecule has 1 fully saturated rings. The van der Waals surface area contributed by atoms with Crippen molar-refractivity contribution in [1.82, 2.24) is 0 Å². The molecule has 15 heavy (non-hydrogen) atoms. The number of ether oxygens (including phenoxy) is 1. The molecule has 2 unspecified atom stereocenters. The lowest BCUT2D eigenvalue weighted by atomic mass is 9.85. The van der Waals surface area contributed by atoms with Crippen LogP contribution in [-0.4, -0.2) is 26.9 Å². The Balaban J connectivity index is 2.21. The summed E-state index contributed by atoms with van der Waals surface area (Å²) in [5.41, 5.74) is 0. The Morgan fingerprint density at radius 3 is 2.73 bits per heavy atom. The van der Waals surface area contributed by atoms with Gasteiger partial charge in [0.25, 0.3) is 0 Å². The first-order valence-corrected chi connectivity index (χ1v) is 8.03. The summed E-state index contributed by atoms with van der Waals surface area (Å²) in [5.74, 6) is 0.665. The summed E-state index contributed by atoms with van der Waals surface area (Å²) in [6.07, 6.45) is 6.02. The molecule has 1 aliphatic rings. The molecule has 0 radical (unpaired) electrons. The molecule has 0 saturated heterocycles. The monoisotopic (exact) mass is 254 g/mol. The summed E-state index contributed by atoms with van der Waals surface area (Å²) in [7, 11) is 1.70. The Hall–Kier alpha value is 0.200. The Morgan fingerprint density at radius 1 is 1.40 bits per heavy atom. The largest absolute Gasteiger partial charge is 0.377 e. The van der Waals surface area contributed by atoms with Gasteiger partial charge in [0.2, 0.25) is 9.05 Å². The van der Waals surface area contributed by atoms with Crippen LogP contribution < -0.4 is 0 Å². The van der Waals surface area contributed by atoms with Gasteiger partial charge in [-0.1, -0.05) is 26.2 Å². The van der Waals surface area contributed by atoms with E-state index >= 15 is 0 Å². The fourth-order valence-electron chi connectivity index (χ4n) is 2.08. The summed E-state index contributed by atoms with van der Waals surface area (Å²) < 4.78 is 26.9. The molecule has 0 spiro atoms. The zero-order valence-electron chi connectivity index (χ0n) is 9.12. The second-order valence-electron chi connectivity index (χ2n) is 4.18. The molecule has 0 aromatic rings. The van der Waals surface area contributed by atoms with E-state index < -0.39 is 9.05 Å². The van der Waals surface area contributed by atoms with E-state index in [1.807, 2.05) is 0 Å². The molecule has 0 bridgehead atoms. The fraction of sp³-hybridized carbons (Fsp3) is 1.00. The van der Waals surface area contributed by atoms with E-state index in [-0.39, 0.29) is 18.5 Å².